The number of nitrogens with one attached hydrogen (secondary N) is 1. The predicted molar refractivity (Wildman–Crippen MR) is 131 cm³/mol. The largest absolute Gasteiger partial charge is 0.389 e. The minimum Gasteiger partial charge on any atom is -0.389 e. The van der Waals surface area contributed by atoms with E-state index in [9.17, 15) is 14.3 Å². The highest BCUT2D eigenvalue weighted by Crippen LogP contribution is 2.48. The molecule has 3 heterocycles. The van der Waals surface area contributed by atoms with Gasteiger partial charge in [-0.3, -0.25) is 9.69 Å². The summed E-state index contributed by atoms with van der Waals surface area (Å²) in [7, 11) is 0. The third kappa shape index (κ3) is 4.34. The molecule has 1 aromatic heterocycles. The zero-order chi connectivity index (χ0) is 24.3. The minimum atomic E-state index is -1.33. The zero-order valence-corrected chi connectivity index (χ0v) is 20.6. The number of likely N-dealkylation sites (tertiary alicyclic amines) is 1. The number of hydrogen-bond acceptors (Lipinski definition) is 5. The summed E-state index contributed by atoms with van der Waals surface area (Å²) < 4.78 is 19.7. The third-order valence-corrected chi connectivity index (χ3v) is 8.41. The van der Waals surface area contributed by atoms with Gasteiger partial charge in [0.2, 0.25) is 5.91 Å². The second-order valence-corrected chi connectivity index (χ2v) is 11.3. The Bertz CT molecular complexity index is 1090. The van der Waals surface area contributed by atoms with E-state index in [1.54, 1.807) is 6.20 Å². The molecule has 0 radical (unpaired) electrons. The molecule has 2 aromatic rings. The van der Waals surface area contributed by atoms with E-state index in [0.717, 1.165) is 36.7 Å². The highest BCUT2D eigenvalue weighted by atomic mass is 19.1. The van der Waals surface area contributed by atoms with E-state index in [2.05, 4.69) is 41.2 Å². The van der Waals surface area contributed by atoms with Gasteiger partial charge < -0.3 is 15.2 Å². The maximum atomic E-state index is 14.1. The molecule has 2 N–H and O–H groups in total. The second-order valence-electron chi connectivity index (χ2n) is 11.3. The quantitative estimate of drug-likeness (QED) is 0.687. The van der Waals surface area contributed by atoms with Gasteiger partial charge in [-0.1, -0.05) is 6.07 Å². The molecule has 1 aromatic carbocycles. The molecule has 0 bridgehead atoms. The highest BCUT2D eigenvalue weighted by molar-refractivity contribution is 5.96. The van der Waals surface area contributed by atoms with Crippen LogP contribution in [0.3, 0.4) is 0 Å². The zero-order valence-electron chi connectivity index (χ0n) is 20.6. The molecule has 3 aliphatic rings. The molecule has 7 heteroatoms. The lowest BCUT2D eigenvalue weighted by molar-refractivity contribution is -0.118. The van der Waals surface area contributed by atoms with Crippen molar-refractivity contribution in [2.75, 3.05) is 31.6 Å². The molecule has 2 saturated heterocycles. The van der Waals surface area contributed by atoms with Gasteiger partial charge in [0.1, 0.15) is 11.5 Å². The summed E-state index contributed by atoms with van der Waals surface area (Å²) in [4.78, 5) is 19.4. The number of aliphatic hydroxyl groups is 1. The molecule has 5 rings (SSSR count). The molecular formula is C27H36FN3O3. The Morgan fingerprint density at radius 1 is 1.26 bits per heavy atom. The Morgan fingerprint density at radius 2 is 2.00 bits per heavy atom. The molecule has 4 atom stereocenters. The number of benzene rings is 1. The number of piperidine rings is 1. The molecule has 1 amide bonds. The van der Waals surface area contributed by atoms with E-state index in [0.29, 0.717) is 31.4 Å². The first kappa shape index (κ1) is 23.6. The Kier molecular flexibility index (Phi) is 5.94. The third-order valence-electron chi connectivity index (χ3n) is 8.41. The van der Waals surface area contributed by atoms with Gasteiger partial charge >= 0.3 is 0 Å². The van der Waals surface area contributed by atoms with Crippen LogP contribution in [0.4, 0.5) is 10.2 Å². The van der Waals surface area contributed by atoms with Crippen LogP contribution in [-0.2, 0) is 9.53 Å². The number of aryl methyl sites for hydroxylation is 1. The number of fused-ring (bicyclic) bond motifs is 1. The van der Waals surface area contributed by atoms with E-state index in [4.69, 9.17) is 4.74 Å². The van der Waals surface area contributed by atoms with Crippen molar-refractivity contribution >= 4 is 22.5 Å². The number of hydrogen-bond donors (Lipinski definition) is 2. The van der Waals surface area contributed by atoms with Crippen molar-refractivity contribution in [1.29, 1.82) is 0 Å². The van der Waals surface area contributed by atoms with Gasteiger partial charge in [-0.05, 0) is 94.6 Å². The SMILES string of the molecule is Cc1cc2cnc(NC(=O)[C@H]3C[C@@H]3C(C)(C)F)cc2cc1C1CCN([C@@]2(C)COC[C@H]2O)CC1. The van der Waals surface area contributed by atoms with Crippen LogP contribution in [0.2, 0.25) is 0 Å². The molecule has 6 nitrogen and oxygen atoms in total. The summed E-state index contributed by atoms with van der Waals surface area (Å²) in [5.41, 5.74) is 0.970. The first-order valence-corrected chi connectivity index (χ1v) is 12.5. The molecule has 0 spiro atoms. The van der Waals surface area contributed by atoms with Crippen LogP contribution in [-0.4, -0.2) is 64.5 Å². The lowest BCUT2D eigenvalue weighted by Crippen LogP contribution is -2.56. The van der Waals surface area contributed by atoms with Crippen molar-refractivity contribution in [2.45, 2.75) is 70.2 Å². The maximum absolute atomic E-state index is 14.1. The van der Waals surface area contributed by atoms with Gasteiger partial charge in [-0.25, -0.2) is 9.37 Å². The van der Waals surface area contributed by atoms with Crippen molar-refractivity contribution in [3.63, 3.8) is 0 Å². The van der Waals surface area contributed by atoms with Crippen LogP contribution in [0.15, 0.2) is 24.4 Å². The summed E-state index contributed by atoms with van der Waals surface area (Å²) in [6, 6.07) is 6.34. The van der Waals surface area contributed by atoms with Crippen LogP contribution < -0.4 is 5.32 Å². The lowest BCUT2D eigenvalue weighted by atomic mass is 9.83. The number of ether oxygens (including phenoxy) is 1. The monoisotopic (exact) mass is 469 g/mol. The molecule has 3 fully saturated rings. The number of rotatable bonds is 5. The molecule has 1 aliphatic carbocycles. The van der Waals surface area contributed by atoms with Crippen LogP contribution in [0.1, 0.15) is 57.1 Å². The average Bonchev–Trinajstić information content (AvgIpc) is 3.54. The fraction of sp³-hybridized carbons (Fsp3) is 0.630. The first-order valence-electron chi connectivity index (χ1n) is 12.5. The molecule has 2 aliphatic heterocycles. The number of aliphatic hydroxyl groups excluding tert-OH is 1. The van der Waals surface area contributed by atoms with Crippen molar-refractivity contribution < 1.29 is 19.0 Å². The summed E-state index contributed by atoms with van der Waals surface area (Å²) in [5, 5.41) is 15.4. The number of alkyl halides is 1. The van der Waals surface area contributed by atoms with Gasteiger partial charge in [0, 0.05) is 23.4 Å². The van der Waals surface area contributed by atoms with E-state index < -0.39 is 11.8 Å². The standard InChI is InChI=1S/C27H36FN3O3/c1-16-9-19-13-29-24(30-25(33)21-12-22(21)26(2,3)28)11-18(19)10-20(16)17-5-7-31(8-6-17)27(4)15-34-14-23(27)32/h9-11,13,17,21-23,32H,5-8,12,14-15H2,1-4H3,(H,29,30,33)/t21-,22-,23+,27-/m0/s1. The van der Waals surface area contributed by atoms with Crippen molar-refractivity contribution in [3.8, 4) is 0 Å². The van der Waals surface area contributed by atoms with Crippen LogP contribution >= 0.6 is 0 Å². The van der Waals surface area contributed by atoms with Crippen LogP contribution in [0.25, 0.3) is 10.8 Å². The Labute approximate surface area is 200 Å². The molecular weight excluding hydrogens is 433 g/mol. The normalized spacial score (nSPS) is 30.6. The summed E-state index contributed by atoms with van der Waals surface area (Å²) in [6.07, 6.45) is 4.02. The van der Waals surface area contributed by atoms with E-state index >= 15 is 0 Å². The van der Waals surface area contributed by atoms with Gasteiger partial charge in [-0.2, -0.15) is 0 Å². The average molecular weight is 470 g/mol. The number of amides is 1. The van der Waals surface area contributed by atoms with Crippen LogP contribution in [0, 0.1) is 18.8 Å². The van der Waals surface area contributed by atoms with Crippen molar-refractivity contribution in [3.05, 3.63) is 35.5 Å². The van der Waals surface area contributed by atoms with E-state index in [1.807, 2.05) is 6.07 Å². The van der Waals surface area contributed by atoms with Crippen molar-refractivity contribution in [1.82, 2.24) is 9.88 Å². The number of anilines is 1. The maximum Gasteiger partial charge on any atom is 0.229 e. The van der Waals surface area contributed by atoms with E-state index in [-0.39, 0.29) is 23.3 Å². The molecule has 1 saturated carbocycles. The first-order chi connectivity index (χ1) is 16.1. The number of aromatic nitrogens is 1. The topological polar surface area (TPSA) is 74.7 Å². The highest BCUT2D eigenvalue weighted by Gasteiger charge is 2.52. The van der Waals surface area contributed by atoms with Gasteiger partial charge in [0.05, 0.1) is 24.9 Å². The second kappa shape index (κ2) is 8.54. The summed E-state index contributed by atoms with van der Waals surface area (Å²) >= 11 is 0. The van der Waals surface area contributed by atoms with Crippen molar-refractivity contribution in [2.24, 2.45) is 11.8 Å². The lowest BCUT2D eigenvalue weighted by Gasteiger charge is -2.44. The fourth-order valence-corrected chi connectivity index (χ4v) is 5.95. The predicted octanol–water partition coefficient (Wildman–Crippen LogP) is 4.20. The molecule has 0 unspecified atom stereocenters. The minimum absolute atomic E-state index is 0.145. The number of nitrogens with zero attached hydrogens (tertiary/aromatic N) is 2. The molecule has 184 valence electrons. The number of carbonyl (C=O) groups is 1. The van der Waals surface area contributed by atoms with E-state index in [1.165, 1.54) is 25.0 Å². The Morgan fingerprint density at radius 3 is 2.62 bits per heavy atom. The fourth-order valence-electron chi connectivity index (χ4n) is 5.95. The Hall–Kier alpha value is -2.09. The van der Waals surface area contributed by atoms with Crippen LogP contribution in [0.5, 0.6) is 0 Å². The molecule has 34 heavy (non-hydrogen) atoms. The van der Waals surface area contributed by atoms with Gasteiger partial charge in [0.15, 0.2) is 0 Å². The Balaban J connectivity index is 1.29. The smallest absolute Gasteiger partial charge is 0.229 e. The van der Waals surface area contributed by atoms with Gasteiger partial charge in [0.25, 0.3) is 0 Å². The summed E-state index contributed by atoms with van der Waals surface area (Å²) in [6.45, 7) is 10.2. The summed E-state index contributed by atoms with van der Waals surface area (Å²) in [5.74, 6) is 0.338. The number of pyridine rings is 1. The number of carbonyl (C=O) groups excluding carboxylic acids is 1. The number of halogens is 1. The van der Waals surface area contributed by atoms with Gasteiger partial charge in [-0.15, -0.1) is 0 Å².